The van der Waals surface area contributed by atoms with Gasteiger partial charge in [0.05, 0.1) is 11.0 Å². The van der Waals surface area contributed by atoms with Gasteiger partial charge in [0, 0.05) is 61.0 Å². The van der Waals surface area contributed by atoms with Gasteiger partial charge < -0.3 is 14.0 Å². The highest BCUT2D eigenvalue weighted by Crippen LogP contribution is 2.42. The van der Waals surface area contributed by atoms with E-state index >= 15 is 0 Å². The Hall–Kier alpha value is -3.20. The van der Waals surface area contributed by atoms with Crippen molar-refractivity contribution in [3.05, 3.63) is 95.0 Å². The lowest BCUT2D eigenvalue weighted by Gasteiger charge is -2.34. The zero-order valence-corrected chi connectivity index (χ0v) is 20.9. The van der Waals surface area contributed by atoms with Crippen molar-refractivity contribution in [2.75, 3.05) is 13.1 Å². The van der Waals surface area contributed by atoms with Crippen molar-refractivity contribution in [1.82, 2.24) is 14.0 Å². The lowest BCUT2D eigenvalue weighted by atomic mass is 9.88. The second kappa shape index (κ2) is 8.19. The summed E-state index contributed by atoms with van der Waals surface area (Å²) < 4.78 is 5.09. The normalized spacial score (nSPS) is 17.7. The van der Waals surface area contributed by atoms with Crippen LogP contribution in [-0.4, -0.2) is 27.1 Å². The molecule has 0 radical (unpaired) electrons. The Labute approximate surface area is 208 Å². The van der Waals surface area contributed by atoms with Gasteiger partial charge in [0.2, 0.25) is 0 Å². The fourth-order valence-electron chi connectivity index (χ4n) is 7.25. The number of para-hydroxylation sites is 2. The Kier molecular flexibility index (Phi) is 4.94. The van der Waals surface area contributed by atoms with Crippen molar-refractivity contribution < 1.29 is 0 Å². The van der Waals surface area contributed by atoms with Crippen molar-refractivity contribution >= 4 is 21.8 Å². The molecule has 3 aliphatic rings. The third-order valence-corrected chi connectivity index (χ3v) is 8.82. The predicted octanol–water partition coefficient (Wildman–Crippen LogP) is 7.18. The Morgan fingerprint density at radius 2 is 1.37 bits per heavy atom. The summed E-state index contributed by atoms with van der Waals surface area (Å²) in [4.78, 5) is 2.62. The summed E-state index contributed by atoms with van der Waals surface area (Å²) >= 11 is 0. The first-order valence-corrected chi connectivity index (χ1v) is 13.5. The van der Waals surface area contributed by atoms with E-state index in [0.29, 0.717) is 5.92 Å². The van der Waals surface area contributed by atoms with E-state index in [2.05, 4.69) is 82.4 Å². The number of hydrogen-bond acceptors (Lipinski definition) is 1. The van der Waals surface area contributed by atoms with Gasteiger partial charge in [-0.15, -0.1) is 0 Å². The lowest BCUT2D eigenvalue weighted by Crippen LogP contribution is -2.32. The molecule has 5 heterocycles. The maximum absolute atomic E-state index is 4.20. The molecule has 0 N–H and O–H groups in total. The Balaban J connectivity index is 1.45. The van der Waals surface area contributed by atoms with Crippen LogP contribution in [0.25, 0.3) is 21.8 Å². The van der Waals surface area contributed by atoms with E-state index < -0.39 is 0 Å². The van der Waals surface area contributed by atoms with E-state index in [-0.39, 0.29) is 0 Å². The molecule has 2 aromatic heterocycles. The summed E-state index contributed by atoms with van der Waals surface area (Å²) in [6.07, 6.45) is 14.4. The maximum atomic E-state index is 4.20. The lowest BCUT2D eigenvalue weighted by molar-refractivity contribution is 0.317. The van der Waals surface area contributed by atoms with Crippen LogP contribution in [0.5, 0.6) is 0 Å². The molecular formula is C32H35N3. The molecule has 0 spiro atoms. The van der Waals surface area contributed by atoms with Gasteiger partial charge in [-0.2, -0.15) is 0 Å². The Morgan fingerprint density at radius 3 is 1.94 bits per heavy atom. The predicted molar refractivity (Wildman–Crippen MR) is 146 cm³/mol. The summed E-state index contributed by atoms with van der Waals surface area (Å²) in [6, 6.07) is 14.0. The summed E-state index contributed by atoms with van der Waals surface area (Å²) in [7, 11) is 0. The zero-order valence-electron chi connectivity index (χ0n) is 20.9. The van der Waals surface area contributed by atoms with E-state index in [4.69, 9.17) is 0 Å². The van der Waals surface area contributed by atoms with Crippen LogP contribution in [0.3, 0.4) is 0 Å². The topological polar surface area (TPSA) is 13.1 Å². The number of benzene rings is 2. The van der Waals surface area contributed by atoms with Crippen molar-refractivity contribution in [1.29, 1.82) is 0 Å². The minimum atomic E-state index is 0.324. The molecule has 0 unspecified atom stereocenters. The van der Waals surface area contributed by atoms with Gasteiger partial charge in [0.1, 0.15) is 0 Å². The number of rotatable bonds is 5. The van der Waals surface area contributed by atoms with Gasteiger partial charge in [-0.1, -0.05) is 43.0 Å². The van der Waals surface area contributed by atoms with Crippen LogP contribution in [0, 0.1) is 0 Å². The van der Waals surface area contributed by atoms with Crippen LogP contribution < -0.4 is 0 Å². The molecule has 3 heteroatoms. The molecule has 2 aromatic carbocycles. The molecule has 3 nitrogen and oxygen atoms in total. The van der Waals surface area contributed by atoms with Crippen molar-refractivity contribution in [3.8, 4) is 0 Å². The number of allylic oxidation sites excluding steroid dienone is 2. The first kappa shape index (κ1) is 21.1. The Bertz CT molecular complexity index is 1400. The summed E-state index contributed by atoms with van der Waals surface area (Å²) in [5, 5.41) is 2.91. The highest BCUT2D eigenvalue weighted by Gasteiger charge is 2.29. The monoisotopic (exact) mass is 461 g/mol. The molecule has 4 aromatic rings. The van der Waals surface area contributed by atoms with E-state index in [1.807, 2.05) is 0 Å². The first-order valence-electron chi connectivity index (χ1n) is 13.5. The summed E-state index contributed by atoms with van der Waals surface area (Å²) in [6.45, 7) is 10.9. The number of nitrogens with zero attached hydrogens (tertiary/aromatic N) is 3. The number of aromatic nitrogens is 2. The van der Waals surface area contributed by atoms with Crippen LogP contribution >= 0.6 is 0 Å². The molecule has 7 rings (SSSR count). The first-order chi connectivity index (χ1) is 17.2. The number of hydrogen-bond donors (Lipinski definition) is 0. The standard InChI is InChI=1S/C32H35N3/c1-3-30-22(2)9-6-16-33(30)19-29(27-20-34-17-7-12-23-10-4-14-25(27)31(23)34)28-21-35-18-8-13-24-11-5-15-26(28)32(24)35/h3-5,10-11,14-15,20-21,29H,1,6-9,12-13,16-19H2,2H3. The third kappa shape index (κ3) is 3.24. The molecule has 0 amide bonds. The van der Waals surface area contributed by atoms with Gasteiger partial charge in [0.25, 0.3) is 0 Å². The second-order valence-electron chi connectivity index (χ2n) is 10.9. The van der Waals surface area contributed by atoms with Crippen LogP contribution in [0.15, 0.2) is 72.7 Å². The van der Waals surface area contributed by atoms with Crippen LogP contribution in [-0.2, 0) is 25.9 Å². The Morgan fingerprint density at radius 1 is 0.800 bits per heavy atom. The van der Waals surface area contributed by atoms with Gasteiger partial charge in [-0.05, 0) is 79.4 Å². The molecule has 0 saturated carbocycles. The second-order valence-corrected chi connectivity index (χ2v) is 10.9. The molecule has 0 bridgehead atoms. The molecule has 0 aliphatic carbocycles. The fourth-order valence-corrected chi connectivity index (χ4v) is 7.25. The van der Waals surface area contributed by atoms with Gasteiger partial charge in [0.15, 0.2) is 0 Å². The molecule has 178 valence electrons. The third-order valence-electron chi connectivity index (χ3n) is 8.82. The number of aryl methyl sites for hydroxylation is 4. The molecule has 0 fully saturated rings. The summed E-state index contributed by atoms with van der Waals surface area (Å²) in [5.74, 6) is 0.324. The SMILES string of the molecule is C=CC1=C(C)CCCN1CC(c1cn2c3c(cccc13)CCC2)c1cn2c3c(cccc13)CCC2. The minimum Gasteiger partial charge on any atom is -0.371 e. The maximum Gasteiger partial charge on any atom is 0.0515 e. The smallest absolute Gasteiger partial charge is 0.0515 e. The minimum absolute atomic E-state index is 0.324. The highest BCUT2D eigenvalue weighted by atomic mass is 15.1. The quantitative estimate of drug-likeness (QED) is 0.307. The van der Waals surface area contributed by atoms with Gasteiger partial charge in [-0.3, -0.25) is 0 Å². The highest BCUT2D eigenvalue weighted by molar-refractivity contribution is 5.92. The van der Waals surface area contributed by atoms with Crippen molar-refractivity contribution in [2.45, 2.75) is 64.5 Å². The van der Waals surface area contributed by atoms with Gasteiger partial charge in [-0.25, -0.2) is 0 Å². The summed E-state index contributed by atoms with van der Waals surface area (Å²) in [5.41, 5.74) is 11.8. The zero-order chi connectivity index (χ0) is 23.5. The van der Waals surface area contributed by atoms with Crippen LogP contribution in [0.2, 0.25) is 0 Å². The van der Waals surface area contributed by atoms with Crippen LogP contribution in [0.4, 0.5) is 0 Å². The average Bonchev–Trinajstić information content (AvgIpc) is 3.45. The van der Waals surface area contributed by atoms with Crippen LogP contribution in [0.1, 0.15) is 60.8 Å². The van der Waals surface area contributed by atoms with E-state index in [0.717, 1.165) is 26.2 Å². The van der Waals surface area contributed by atoms with Crippen molar-refractivity contribution in [3.63, 3.8) is 0 Å². The van der Waals surface area contributed by atoms with E-state index in [1.165, 1.54) is 93.9 Å². The molecule has 0 saturated heterocycles. The van der Waals surface area contributed by atoms with E-state index in [9.17, 15) is 0 Å². The largest absolute Gasteiger partial charge is 0.371 e. The van der Waals surface area contributed by atoms with Crippen molar-refractivity contribution in [2.24, 2.45) is 0 Å². The molecule has 35 heavy (non-hydrogen) atoms. The molecule has 0 atom stereocenters. The van der Waals surface area contributed by atoms with E-state index in [1.54, 1.807) is 0 Å². The fraction of sp³-hybridized carbons (Fsp3) is 0.375. The van der Waals surface area contributed by atoms with Gasteiger partial charge >= 0.3 is 0 Å². The molecule has 3 aliphatic heterocycles. The molecular weight excluding hydrogens is 426 g/mol. The average molecular weight is 462 g/mol.